The van der Waals surface area contributed by atoms with Crippen molar-refractivity contribution in [3.05, 3.63) is 62.6 Å². The lowest BCUT2D eigenvalue weighted by atomic mass is 10.3. The number of hydrazine groups is 1. The monoisotopic (exact) mass is 428 g/mol. The van der Waals surface area contributed by atoms with E-state index in [0.29, 0.717) is 16.5 Å². The Morgan fingerprint density at radius 1 is 1.19 bits per heavy atom. The van der Waals surface area contributed by atoms with Crippen LogP contribution in [0.5, 0.6) is 5.75 Å². The number of thiocarbonyl (C=S) groups is 1. The molecular weight excluding hydrogens is 415 g/mol. The third kappa shape index (κ3) is 6.24. The van der Waals surface area contributed by atoms with Crippen LogP contribution in [-0.2, 0) is 4.79 Å². The van der Waals surface area contributed by atoms with Crippen molar-refractivity contribution in [3.63, 3.8) is 0 Å². The maximum absolute atomic E-state index is 12.1. The number of ether oxygens (including phenoxy) is 1. The van der Waals surface area contributed by atoms with Gasteiger partial charge in [0.2, 0.25) is 0 Å². The van der Waals surface area contributed by atoms with Crippen LogP contribution in [0.3, 0.4) is 0 Å². The number of nitro benzene ring substituents is 1. The summed E-state index contributed by atoms with van der Waals surface area (Å²) in [5, 5.41) is 14.2. The molecule has 2 rings (SSSR count). The first kappa shape index (κ1) is 20.7. The van der Waals surface area contributed by atoms with Gasteiger partial charge >= 0.3 is 0 Å². The van der Waals surface area contributed by atoms with Crippen LogP contribution >= 0.6 is 35.4 Å². The molecule has 0 fully saturated rings. The lowest BCUT2D eigenvalue weighted by Gasteiger charge is -2.17. The number of halogens is 2. The summed E-state index contributed by atoms with van der Waals surface area (Å²) in [6.45, 7) is 1.54. The summed E-state index contributed by atoms with van der Waals surface area (Å²) < 4.78 is 5.48. The second-order valence-corrected chi connectivity index (χ2v) is 6.46. The molecule has 0 bridgehead atoms. The predicted molar refractivity (Wildman–Crippen MR) is 107 cm³/mol. The number of non-ortho nitro benzene ring substituents is 1. The number of hydrogen-bond donors (Lipinski definition) is 3. The normalized spacial score (nSPS) is 11.2. The maximum Gasteiger partial charge on any atom is 0.279 e. The van der Waals surface area contributed by atoms with Crippen molar-refractivity contribution in [1.82, 2.24) is 10.9 Å². The molecule has 0 aliphatic carbocycles. The summed E-state index contributed by atoms with van der Waals surface area (Å²) in [4.78, 5) is 22.2. The fourth-order valence-corrected chi connectivity index (χ4v) is 2.49. The van der Waals surface area contributed by atoms with E-state index in [1.807, 2.05) is 0 Å². The van der Waals surface area contributed by atoms with Gasteiger partial charge in [-0.05, 0) is 49.5 Å². The number of anilines is 1. The highest BCUT2D eigenvalue weighted by Crippen LogP contribution is 2.28. The number of nitro groups is 1. The molecule has 0 saturated carbocycles. The average molecular weight is 429 g/mol. The van der Waals surface area contributed by atoms with Crippen molar-refractivity contribution in [3.8, 4) is 5.75 Å². The quantitative estimate of drug-likeness (QED) is 0.378. The molecule has 0 aromatic heterocycles. The fourth-order valence-electron chi connectivity index (χ4n) is 1.86. The van der Waals surface area contributed by atoms with E-state index in [0.717, 1.165) is 0 Å². The highest BCUT2D eigenvalue weighted by atomic mass is 35.5. The lowest BCUT2D eigenvalue weighted by Crippen LogP contribution is -2.48. The van der Waals surface area contributed by atoms with Crippen molar-refractivity contribution in [2.45, 2.75) is 13.0 Å². The van der Waals surface area contributed by atoms with Crippen LogP contribution in [0.25, 0.3) is 0 Å². The number of carbonyl (C=O) groups is 1. The van der Waals surface area contributed by atoms with E-state index in [-0.39, 0.29) is 15.8 Å². The van der Waals surface area contributed by atoms with Crippen LogP contribution in [0.15, 0.2) is 42.5 Å². The predicted octanol–water partition coefficient (Wildman–Crippen LogP) is 3.69. The molecule has 2 aromatic rings. The van der Waals surface area contributed by atoms with Crippen molar-refractivity contribution in [2.75, 3.05) is 5.32 Å². The minimum atomic E-state index is -0.863. The zero-order valence-corrected chi connectivity index (χ0v) is 16.2. The second-order valence-electron chi connectivity index (χ2n) is 5.21. The van der Waals surface area contributed by atoms with Crippen LogP contribution < -0.4 is 20.9 Å². The Bertz CT molecular complexity index is 864. The van der Waals surface area contributed by atoms with E-state index in [2.05, 4.69) is 16.2 Å². The third-order valence-electron chi connectivity index (χ3n) is 3.20. The number of benzene rings is 2. The Balaban J connectivity index is 1.83. The Kier molecular flexibility index (Phi) is 7.17. The number of rotatable bonds is 5. The summed E-state index contributed by atoms with van der Waals surface area (Å²) >= 11 is 16.8. The molecule has 11 heteroatoms. The van der Waals surface area contributed by atoms with Crippen molar-refractivity contribution in [2.24, 2.45) is 0 Å². The van der Waals surface area contributed by atoms with Crippen LogP contribution in [0.1, 0.15) is 6.92 Å². The van der Waals surface area contributed by atoms with Gasteiger partial charge < -0.3 is 10.1 Å². The molecule has 0 aliphatic rings. The van der Waals surface area contributed by atoms with Crippen molar-refractivity contribution < 1.29 is 14.5 Å². The van der Waals surface area contributed by atoms with Gasteiger partial charge in [0.1, 0.15) is 5.75 Å². The van der Waals surface area contributed by atoms with Gasteiger partial charge in [0.15, 0.2) is 11.2 Å². The van der Waals surface area contributed by atoms with Gasteiger partial charge in [0.25, 0.3) is 11.6 Å². The highest BCUT2D eigenvalue weighted by Gasteiger charge is 2.16. The molecule has 8 nitrogen and oxygen atoms in total. The Labute approximate surface area is 169 Å². The first-order valence-corrected chi connectivity index (χ1v) is 8.65. The fraction of sp³-hybridized carbons (Fsp3) is 0.125. The number of hydrogen-bond acceptors (Lipinski definition) is 5. The molecule has 1 amide bonds. The van der Waals surface area contributed by atoms with Gasteiger partial charge in [-0.15, -0.1) is 0 Å². The molecule has 3 N–H and O–H groups in total. The smallest absolute Gasteiger partial charge is 0.279 e. The van der Waals surface area contributed by atoms with E-state index < -0.39 is 16.9 Å². The molecule has 0 saturated heterocycles. The molecule has 0 heterocycles. The van der Waals surface area contributed by atoms with Crippen molar-refractivity contribution in [1.29, 1.82) is 0 Å². The largest absolute Gasteiger partial charge is 0.479 e. The van der Waals surface area contributed by atoms with Gasteiger partial charge in [-0.25, -0.2) is 0 Å². The van der Waals surface area contributed by atoms with E-state index in [1.54, 1.807) is 12.1 Å². The number of amides is 1. The van der Waals surface area contributed by atoms with E-state index in [4.69, 9.17) is 40.2 Å². The van der Waals surface area contributed by atoms with Crippen LogP contribution in [0, 0.1) is 10.1 Å². The number of nitrogens with zero attached hydrogens (tertiary/aromatic N) is 1. The summed E-state index contributed by atoms with van der Waals surface area (Å²) in [6.07, 6.45) is -0.863. The summed E-state index contributed by atoms with van der Waals surface area (Å²) in [6, 6.07) is 10.3. The van der Waals surface area contributed by atoms with Gasteiger partial charge in [0.05, 0.1) is 9.95 Å². The molecule has 142 valence electrons. The zero-order valence-electron chi connectivity index (χ0n) is 13.9. The highest BCUT2D eigenvalue weighted by molar-refractivity contribution is 7.80. The summed E-state index contributed by atoms with van der Waals surface area (Å²) in [7, 11) is 0. The summed E-state index contributed by atoms with van der Waals surface area (Å²) in [5.41, 5.74) is 5.38. The Hall–Kier alpha value is -2.62. The SMILES string of the molecule is C[C@H](Oc1ccc(Cl)cc1Cl)C(=O)NNC(=S)Nc1ccc([N+](=O)[O-])cc1. The first-order valence-electron chi connectivity index (χ1n) is 7.49. The van der Waals surface area contributed by atoms with Crippen LogP contribution in [0.2, 0.25) is 10.0 Å². The minimum Gasteiger partial charge on any atom is -0.479 e. The molecule has 27 heavy (non-hydrogen) atoms. The molecule has 1 atom stereocenters. The standard InChI is InChI=1S/C16H14Cl2N4O4S/c1-9(26-14-7-2-10(17)8-13(14)18)15(23)20-21-16(27)19-11-3-5-12(6-4-11)22(24)25/h2-9H,1H3,(H,20,23)(H2,19,21,27)/t9-/m0/s1. The molecular formula is C16H14Cl2N4O4S. The second kappa shape index (κ2) is 9.36. The van der Waals surface area contributed by atoms with Gasteiger partial charge in [-0.1, -0.05) is 23.2 Å². The molecule has 2 aromatic carbocycles. The average Bonchev–Trinajstić information content (AvgIpc) is 2.62. The van der Waals surface area contributed by atoms with Crippen molar-refractivity contribution >= 4 is 57.8 Å². The van der Waals surface area contributed by atoms with E-state index in [9.17, 15) is 14.9 Å². The Morgan fingerprint density at radius 3 is 2.44 bits per heavy atom. The molecule has 0 radical (unpaired) electrons. The number of nitrogens with one attached hydrogen (secondary N) is 3. The zero-order chi connectivity index (χ0) is 20.0. The van der Waals surface area contributed by atoms with Gasteiger partial charge in [-0.2, -0.15) is 0 Å². The molecule has 0 unspecified atom stereocenters. The maximum atomic E-state index is 12.1. The van der Waals surface area contributed by atoms with Gasteiger partial charge in [0, 0.05) is 22.8 Å². The first-order chi connectivity index (χ1) is 12.8. The molecule has 0 aliphatic heterocycles. The van der Waals surface area contributed by atoms with Gasteiger partial charge in [-0.3, -0.25) is 25.8 Å². The van der Waals surface area contributed by atoms with Crippen LogP contribution in [0.4, 0.5) is 11.4 Å². The lowest BCUT2D eigenvalue weighted by molar-refractivity contribution is -0.384. The number of carbonyl (C=O) groups excluding carboxylic acids is 1. The molecule has 0 spiro atoms. The minimum absolute atomic E-state index is 0.0421. The van der Waals surface area contributed by atoms with E-state index >= 15 is 0 Å². The topological polar surface area (TPSA) is 106 Å². The van der Waals surface area contributed by atoms with E-state index in [1.165, 1.54) is 37.3 Å². The van der Waals surface area contributed by atoms with Crippen LogP contribution in [-0.4, -0.2) is 22.0 Å². The Morgan fingerprint density at radius 2 is 1.85 bits per heavy atom. The third-order valence-corrected chi connectivity index (χ3v) is 3.94. The summed E-state index contributed by atoms with van der Waals surface area (Å²) in [5.74, 6) is -0.177.